The van der Waals surface area contributed by atoms with E-state index in [2.05, 4.69) is 43.5 Å². The molecule has 0 saturated carbocycles. The van der Waals surface area contributed by atoms with Gasteiger partial charge in [0.1, 0.15) is 0 Å². The number of amides is 2. The summed E-state index contributed by atoms with van der Waals surface area (Å²) in [6, 6.07) is 17.0. The number of anilines is 2. The summed E-state index contributed by atoms with van der Waals surface area (Å²) in [4.78, 5) is 39.2. The van der Waals surface area contributed by atoms with Gasteiger partial charge in [-0.25, -0.2) is 4.98 Å². The Morgan fingerprint density at radius 3 is 2.42 bits per heavy atom. The molecular weight excluding hydrogens is 496 g/mol. The minimum atomic E-state index is -0.229. The first-order valence-corrected chi connectivity index (χ1v) is 13.4. The molecule has 2 amide bonds. The molecule has 1 aliphatic rings. The fourth-order valence-electron chi connectivity index (χ4n) is 4.40. The average molecular weight is 527 g/mol. The summed E-state index contributed by atoms with van der Waals surface area (Å²) in [7, 11) is 2.14. The molecule has 0 atom stereocenters. The van der Waals surface area contributed by atoms with Crippen molar-refractivity contribution in [3.05, 3.63) is 94.6 Å². The van der Waals surface area contributed by atoms with Gasteiger partial charge in [0.25, 0.3) is 11.8 Å². The maximum Gasteiger partial charge on any atom is 0.257 e. The number of aromatic nitrogens is 2. The van der Waals surface area contributed by atoms with Crippen molar-refractivity contribution in [1.29, 1.82) is 0 Å². The first-order chi connectivity index (χ1) is 18.5. The van der Waals surface area contributed by atoms with Gasteiger partial charge in [-0.3, -0.25) is 24.8 Å². The second-order valence-corrected chi connectivity index (χ2v) is 10.3. The number of carbonyl (C=O) groups is 2. The van der Waals surface area contributed by atoms with Gasteiger partial charge in [0.15, 0.2) is 5.13 Å². The number of rotatable bonds is 7. The van der Waals surface area contributed by atoms with Crippen molar-refractivity contribution in [3.63, 3.8) is 0 Å². The standard InChI is InChI=1S/C29H30N6O2S/c1-20-7-8-21(27(36)33-29-30-11-16-38-29)17-24(20)26-10-9-22(18-31-26)28(37)32-25-6-4-3-5-23(25)19-35-14-12-34(2)13-15-35/h3-11,16-18H,12-15,19H2,1-2H3,(H,32,37)(H,30,33,36). The molecule has 1 fully saturated rings. The number of thiazole rings is 1. The molecular formula is C29H30N6O2S. The number of benzene rings is 2. The van der Waals surface area contributed by atoms with E-state index in [4.69, 9.17) is 0 Å². The van der Waals surface area contributed by atoms with E-state index in [0.29, 0.717) is 22.0 Å². The number of nitrogens with one attached hydrogen (secondary N) is 2. The van der Waals surface area contributed by atoms with Gasteiger partial charge in [-0.05, 0) is 55.4 Å². The molecule has 0 spiro atoms. The number of nitrogens with zero attached hydrogens (tertiary/aromatic N) is 4. The van der Waals surface area contributed by atoms with Gasteiger partial charge in [-0.1, -0.05) is 24.3 Å². The summed E-state index contributed by atoms with van der Waals surface area (Å²) in [5.74, 6) is -0.435. The molecule has 3 heterocycles. The normalized spacial score (nSPS) is 14.3. The van der Waals surface area contributed by atoms with Crippen LogP contribution in [0.25, 0.3) is 11.3 Å². The number of aryl methyl sites for hydroxylation is 1. The highest BCUT2D eigenvalue weighted by Gasteiger charge is 2.17. The summed E-state index contributed by atoms with van der Waals surface area (Å²) in [5.41, 5.74) is 5.41. The molecule has 38 heavy (non-hydrogen) atoms. The van der Waals surface area contributed by atoms with Gasteiger partial charge < -0.3 is 10.2 Å². The Balaban J connectivity index is 1.28. The van der Waals surface area contributed by atoms with Crippen molar-refractivity contribution >= 4 is 34.0 Å². The molecule has 1 saturated heterocycles. The van der Waals surface area contributed by atoms with Crippen LogP contribution in [-0.4, -0.2) is 64.8 Å². The molecule has 0 aliphatic carbocycles. The van der Waals surface area contributed by atoms with Gasteiger partial charge in [-0.15, -0.1) is 11.3 Å². The second kappa shape index (κ2) is 11.6. The van der Waals surface area contributed by atoms with E-state index < -0.39 is 0 Å². The fraction of sp³-hybridized carbons (Fsp3) is 0.241. The highest BCUT2D eigenvalue weighted by molar-refractivity contribution is 7.13. The maximum absolute atomic E-state index is 13.1. The molecule has 9 heteroatoms. The van der Waals surface area contributed by atoms with Crippen LogP contribution < -0.4 is 10.6 Å². The molecule has 1 aliphatic heterocycles. The lowest BCUT2D eigenvalue weighted by Gasteiger charge is -2.32. The van der Waals surface area contributed by atoms with E-state index in [1.807, 2.05) is 48.7 Å². The van der Waals surface area contributed by atoms with Gasteiger partial charge in [0.2, 0.25) is 0 Å². The SMILES string of the molecule is Cc1ccc(C(=O)Nc2nccs2)cc1-c1ccc(C(=O)Nc2ccccc2CN2CCN(C)CC2)cn1. The van der Waals surface area contributed by atoms with Crippen molar-refractivity contribution < 1.29 is 9.59 Å². The number of piperazine rings is 1. The summed E-state index contributed by atoms with van der Waals surface area (Å²) in [6.45, 7) is 6.89. The Labute approximate surface area is 226 Å². The van der Waals surface area contributed by atoms with E-state index >= 15 is 0 Å². The Bertz CT molecular complexity index is 1410. The summed E-state index contributed by atoms with van der Waals surface area (Å²) < 4.78 is 0. The third-order valence-corrected chi connectivity index (χ3v) is 7.40. The van der Waals surface area contributed by atoms with Crippen LogP contribution in [0.1, 0.15) is 31.8 Å². The van der Waals surface area contributed by atoms with E-state index in [1.165, 1.54) is 11.3 Å². The van der Waals surface area contributed by atoms with Crippen molar-refractivity contribution in [1.82, 2.24) is 19.8 Å². The van der Waals surface area contributed by atoms with Crippen LogP contribution in [0.15, 0.2) is 72.4 Å². The Kier molecular flexibility index (Phi) is 7.88. The van der Waals surface area contributed by atoms with Crippen LogP contribution in [-0.2, 0) is 6.54 Å². The molecule has 8 nitrogen and oxygen atoms in total. The molecule has 2 aromatic heterocycles. The largest absolute Gasteiger partial charge is 0.322 e. The van der Waals surface area contributed by atoms with E-state index in [-0.39, 0.29) is 11.8 Å². The Hall–Kier alpha value is -3.92. The molecule has 2 aromatic carbocycles. The molecule has 0 bridgehead atoms. The highest BCUT2D eigenvalue weighted by Crippen LogP contribution is 2.25. The van der Waals surface area contributed by atoms with E-state index in [0.717, 1.165) is 55.1 Å². The van der Waals surface area contributed by atoms with Gasteiger partial charge in [0, 0.05) is 67.3 Å². The first kappa shape index (κ1) is 25.7. The quantitative estimate of drug-likeness (QED) is 0.361. The monoisotopic (exact) mass is 526 g/mol. The van der Waals surface area contributed by atoms with Crippen LogP contribution in [0.3, 0.4) is 0 Å². The Morgan fingerprint density at radius 1 is 0.921 bits per heavy atom. The lowest BCUT2D eigenvalue weighted by Crippen LogP contribution is -2.43. The minimum absolute atomic E-state index is 0.205. The number of likely N-dealkylation sites (N-methyl/N-ethyl adjacent to an activating group) is 1. The van der Waals surface area contributed by atoms with Crippen LogP contribution >= 0.6 is 11.3 Å². The smallest absolute Gasteiger partial charge is 0.257 e. The number of pyridine rings is 1. The van der Waals surface area contributed by atoms with Gasteiger partial charge >= 0.3 is 0 Å². The summed E-state index contributed by atoms with van der Waals surface area (Å²) >= 11 is 1.37. The zero-order valence-electron chi connectivity index (χ0n) is 21.5. The average Bonchev–Trinajstić information content (AvgIpc) is 3.44. The Morgan fingerprint density at radius 2 is 1.68 bits per heavy atom. The number of hydrogen-bond acceptors (Lipinski definition) is 7. The van der Waals surface area contributed by atoms with Crippen LogP contribution in [0.5, 0.6) is 0 Å². The molecule has 0 unspecified atom stereocenters. The summed E-state index contributed by atoms with van der Waals surface area (Å²) in [5, 5.41) is 8.23. The first-order valence-electron chi connectivity index (χ1n) is 12.5. The zero-order valence-corrected chi connectivity index (χ0v) is 22.3. The molecule has 0 radical (unpaired) electrons. The fourth-order valence-corrected chi connectivity index (χ4v) is 4.93. The van der Waals surface area contributed by atoms with Crippen molar-refractivity contribution in [2.45, 2.75) is 13.5 Å². The topological polar surface area (TPSA) is 90.5 Å². The van der Waals surface area contributed by atoms with Crippen LogP contribution in [0.4, 0.5) is 10.8 Å². The molecule has 5 rings (SSSR count). The van der Waals surface area contributed by atoms with Gasteiger partial charge in [0.05, 0.1) is 11.3 Å². The number of carbonyl (C=O) groups excluding carboxylic acids is 2. The lowest BCUT2D eigenvalue weighted by molar-refractivity contribution is 0.101. The second-order valence-electron chi connectivity index (χ2n) is 9.44. The molecule has 194 valence electrons. The van der Waals surface area contributed by atoms with E-state index in [9.17, 15) is 9.59 Å². The highest BCUT2D eigenvalue weighted by atomic mass is 32.1. The van der Waals surface area contributed by atoms with Crippen LogP contribution in [0.2, 0.25) is 0 Å². The third-order valence-electron chi connectivity index (χ3n) is 6.71. The maximum atomic E-state index is 13.1. The van der Waals surface area contributed by atoms with Crippen molar-refractivity contribution in [2.24, 2.45) is 0 Å². The molecule has 4 aromatic rings. The predicted octanol–water partition coefficient (Wildman–Crippen LogP) is 4.77. The number of para-hydroxylation sites is 1. The third kappa shape index (κ3) is 6.13. The van der Waals surface area contributed by atoms with Crippen molar-refractivity contribution in [3.8, 4) is 11.3 Å². The minimum Gasteiger partial charge on any atom is -0.322 e. The zero-order chi connectivity index (χ0) is 26.5. The predicted molar refractivity (Wildman–Crippen MR) is 152 cm³/mol. The number of hydrogen-bond donors (Lipinski definition) is 2. The van der Waals surface area contributed by atoms with Gasteiger partial charge in [-0.2, -0.15) is 0 Å². The summed E-state index contributed by atoms with van der Waals surface area (Å²) in [6.07, 6.45) is 3.23. The molecule has 2 N–H and O–H groups in total. The van der Waals surface area contributed by atoms with Crippen molar-refractivity contribution in [2.75, 3.05) is 43.9 Å². The van der Waals surface area contributed by atoms with E-state index in [1.54, 1.807) is 24.5 Å². The van der Waals surface area contributed by atoms with Crippen LogP contribution in [0, 0.1) is 6.92 Å². The lowest BCUT2D eigenvalue weighted by atomic mass is 10.0.